The summed E-state index contributed by atoms with van der Waals surface area (Å²) in [5, 5.41) is 4.15. The van der Waals surface area contributed by atoms with Gasteiger partial charge in [-0.1, -0.05) is 0 Å². The molecule has 1 N–H and O–H groups in total. The highest BCUT2D eigenvalue weighted by molar-refractivity contribution is 7.15. The maximum atomic E-state index is 12.5. The molecule has 2 amide bonds. The van der Waals surface area contributed by atoms with Crippen molar-refractivity contribution in [3.8, 4) is 0 Å². The Morgan fingerprint density at radius 1 is 1.26 bits per heavy atom. The number of nitrogens with one attached hydrogen (secondary N) is 1. The lowest BCUT2D eigenvalue weighted by Crippen LogP contribution is -2.36. The molecule has 2 aliphatic heterocycles. The van der Waals surface area contributed by atoms with E-state index in [1.165, 1.54) is 4.88 Å². The molecule has 2 saturated heterocycles. The van der Waals surface area contributed by atoms with Crippen LogP contribution in [-0.4, -0.2) is 67.6 Å². The zero-order valence-electron chi connectivity index (χ0n) is 15.7. The Balaban J connectivity index is 1.24. The second-order valence-corrected chi connectivity index (χ2v) is 8.60. The standard InChI is InChI=1S/C19H28N4O3S/c24-17-3-1-7-22(17)8-2-6-20-18(25)14-4-5-16-15(13-14)21-19(27-16)23-9-11-26-12-10-23/h14H,1-13H2,(H,20,25). The van der Waals surface area contributed by atoms with E-state index in [4.69, 9.17) is 9.72 Å². The molecule has 1 atom stereocenters. The molecular weight excluding hydrogens is 364 g/mol. The van der Waals surface area contributed by atoms with Crippen LogP contribution in [0.5, 0.6) is 0 Å². The van der Waals surface area contributed by atoms with Gasteiger partial charge >= 0.3 is 0 Å². The molecule has 0 spiro atoms. The number of morpholine rings is 1. The third-order valence-corrected chi connectivity index (χ3v) is 6.87. The molecule has 8 heteroatoms. The summed E-state index contributed by atoms with van der Waals surface area (Å²) in [4.78, 5) is 34.5. The number of fused-ring (bicyclic) bond motifs is 1. The van der Waals surface area contributed by atoms with E-state index in [9.17, 15) is 9.59 Å². The van der Waals surface area contributed by atoms with Crippen LogP contribution in [0, 0.1) is 5.92 Å². The average molecular weight is 393 g/mol. The largest absolute Gasteiger partial charge is 0.378 e. The van der Waals surface area contributed by atoms with E-state index < -0.39 is 0 Å². The van der Waals surface area contributed by atoms with Crippen molar-refractivity contribution in [1.82, 2.24) is 15.2 Å². The normalized spacial score (nSPS) is 22.8. The SMILES string of the molecule is O=C(NCCCN1CCCC1=O)C1CCc2sc(N3CCOCC3)nc2C1. The Labute approximate surface area is 164 Å². The summed E-state index contributed by atoms with van der Waals surface area (Å²) in [6.45, 7) is 5.58. The summed E-state index contributed by atoms with van der Waals surface area (Å²) in [5.74, 6) is 0.403. The molecule has 2 fully saturated rings. The molecule has 3 aliphatic rings. The molecule has 1 aromatic heterocycles. The molecule has 0 aromatic carbocycles. The van der Waals surface area contributed by atoms with Crippen LogP contribution in [0.4, 0.5) is 5.13 Å². The summed E-state index contributed by atoms with van der Waals surface area (Å²) in [7, 11) is 0. The zero-order chi connectivity index (χ0) is 18.6. The van der Waals surface area contributed by atoms with E-state index in [1.807, 2.05) is 4.90 Å². The fourth-order valence-corrected chi connectivity index (χ4v) is 5.20. The minimum Gasteiger partial charge on any atom is -0.378 e. The van der Waals surface area contributed by atoms with E-state index in [0.717, 1.165) is 82.3 Å². The molecular formula is C19H28N4O3S. The fraction of sp³-hybridized carbons (Fsp3) is 0.737. The first-order valence-electron chi connectivity index (χ1n) is 10.1. The number of carbonyl (C=O) groups is 2. The summed E-state index contributed by atoms with van der Waals surface area (Å²) in [6, 6.07) is 0. The maximum absolute atomic E-state index is 12.5. The van der Waals surface area contributed by atoms with E-state index >= 15 is 0 Å². The highest BCUT2D eigenvalue weighted by Crippen LogP contribution is 2.34. The van der Waals surface area contributed by atoms with Crippen molar-refractivity contribution in [3.05, 3.63) is 10.6 Å². The van der Waals surface area contributed by atoms with Gasteiger partial charge in [-0.2, -0.15) is 0 Å². The highest BCUT2D eigenvalue weighted by atomic mass is 32.1. The maximum Gasteiger partial charge on any atom is 0.223 e. The van der Waals surface area contributed by atoms with Gasteiger partial charge in [0, 0.05) is 56.4 Å². The molecule has 1 unspecified atom stereocenters. The second-order valence-electron chi connectivity index (χ2n) is 7.53. The van der Waals surface area contributed by atoms with Crippen LogP contribution in [0.3, 0.4) is 0 Å². The number of anilines is 1. The molecule has 7 nitrogen and oxygen atoms in total. The van der Waals surface area contributed by atoms with Crippen LogP contribution in [0.15, 0.2) is 0 Å². The summed E-state index contributed by atoms with van der Waals surface area (Å²) in [6.07, 6.45) is 5.05. The molecule has 1 aliphatic carbocycles. The lowest BCUT2D eigenvalue weighted by molar-refractivity contribution is -0.127. The van der Waals surface area contributed by atoms with Gasteiger partial charge in [-0.05, 0) is 25.7 Å². The number of aryl methyl sites for hydroxylation is 1. The number of hydrogen-bond donors (Lipinski definition) is 1. The number of rotatable bonds is 6. The molecule has 0 bridgehead atoms. The van der Waals surface area contributed by atoms with E-state index in [2.05, 4.69) is 10.2 Å². The Morgan fingerprint density at radius 3 is 2.89 bits per heavy atom. The first-order valence-corrected chi connectivity index (χ1v) is 10.9. The molecule has 0 saturated carbocycles. The van der Waals surface area contributed by atoms with Crippen molar-refractivity contribution in [2.24, 2.45) is 5.92 Å². The second kappa shape index (κ2) is 8.56. The van der Waals surface area contributed by atoms with Gasteiger partial charge in [0.1, 0.15) is 0 Å². The number of nitrogens with zero attached hydrogens (tertiary/aromatic N) is 3. The fourth-order valence-electron chi connectivity index (χ4n) is 4.05. The molecule has 4 rings (SSSR count). The van der Waals surface area contributed by atoms with Gasteiger partial charge in [0.15, 0.2) is 5.13 Å². The number of aromatic nitrogens is 1. The van der Waals surface area contributed by atoms with Gasteiger partial charge < -0.3 is 19.9 Å². The van der Waals surface area contributed by atoms with Gasteiger partial charge in [-0.3, -0.25) is 9.59 Å². The van der Waals surface area contributed by atoms with Crippen molar-refractivity contribution in [2.75, 3.05) is 50.8 Å². The summed E-state index contributed by atoms with van der Waals surface area (Å²) in [5.41, 5.74) is 1.11. The van der Waals surface area contributed by atoms with Crippen LogP contribution in [0.1, 0.15) is 36.3 Å². The van der Waals surface area contributed by atoms with E-state index in [-0.39, 0.29) is 17.7 Å². The van der Waals surface area contributed by atoms with E-state index in [0.29, 0.717) is 13.0 Å². The van der Waals surface area contributed by atoms with Crippen molar-refractivity contribution >= 4 is 28.3 Å². The lowest BCUT2D eigenvalue weighted by atomic mass is 9.90. The number of thiazole rings is 1. The quantitative estimate of drug-likeness (QED) is 0.737. The number of ether oxygens (including phenoxy) is 1. The highest BCUT2D eigenvalue weighted by Gasteiger charge is 2.29. The zero-order valence-corrected chi connectivity index (χ0v) is 16.6. The van der Waals surface area contributed by atoms with Crippen LogP contribution in [-0.2, 0) is 27.2 Å². The Morgan fingerprint density at radius 2 is 2.11 bits per heavy atom. The first kappa shape index (κ1) is 18.7. The third kappa shape index (κ3) is 4.43. The van der Waals surface area contributed by atoms with Gasteiger partial charge in [0.2, 0.25) is 11.8 Å². The van der Waals surface area contributed by atoms with Crippen LogP contribution in [0.2, 0.25) is 0 Å². The Hall–Kier alpha value is -1.67. The Kier molecular flexibility index (Phi) is 5.92. The van der Waals surface area contributed by atoms with Crippen molar-refractivity contribution in [2.45, 2.75) is 38.5 Å². The average Bonchev–Trinajstić information content (AvgIpc) is 3.31. The monoisotopic (exact) mass is 392 g/mol. The van der Waals surface area contributed by atoms with Crippen LogP contribution < -0.4 is 10.2 Å². The summed E-state index contributed by atoms with van der Waals surface area (Å²) < 4.78 is 5.42. The van der Waals surface area contributed by atoms with Crippen molar-refractivity contribution in [1.29, 1.82) is 0 Å². The minimum absolute atomic E-state index is 0.0190. The smallest absolute Gasteiger partial charge is 0.223 e. The number of carbonyl (C=O) groups excluding carboxylic acids is 2. The predicted molar refractivity (Wildman–Crippen MR) is 104 cm³/mol. The van der Waals surface area contributed by atoms with Gasteiger partial charge in [0.05, 0.1) is 18.9 Å². The molecule has 27 heavy (non-hydrogen) atoms. The van der Waals surface area contributed by atoms with Gasteiger partial charge in [-0.25, -0.2) is 4.98 Å². The van der Waals surface area contributed by atoms with Gasteiger partial charge in [-0.15, -0.1) is 11.3 Å². The summed E-state index contributed by atoms with van der Waals surface area (Å²) >= 11 is 1.78. The molecule has 0 radical (unpaired) electrons. The number of hydrogen-bond acceptors (Lipinski definition) is 6. The van der Waals surface area contributed by atoms with Gasteiger partial charge in [0.25, 0.3) is 0 Å². The minimum atomic E-state index is 0.0190. The molecule has 3 heterocycles. The molecule has 1 aromatic rings. The topological polar surface area (TPSA) is 74.8 Å². The number of likely N-dealkylation sites (tertiary alicyclic amines) is 1. The van der Waals surface area contributed by atoms with Crippen LogP contribution in [0.25, 0.3) is 0 Å². The van der Waals surface area contributed by atoms with Crippen molar-refractivity contribution in [3.63, 3.8) is 0 Å². The van der Waals surface area contributed by atoms with Crippen molar-refractivity contribution < 1.29 is 14.3 Å². The first-order chi connectivity index (χ1) is 13.2. The number of amides is 2. The predicted octanol–water partition coefficient (Wildman–Crippen LogP) is 1.21. The molecule has 148 valence electrons. The lowest BCUT2D eigenvalue weighted by Gasteiger charge is -2.26. The Bertz CT molecular complexity index is 686. The van der Waals surface area contributed by atoms with E-state index in [1.54, 1.807) is 11.3 Å². The van der Waals surface area contributed by atoms with Crippen LogP contribution >= 0.6 is 11.3 Å². The third-order valence-electron chi connectivity index (χ3n) is 5.65.